The molecular weight excluding hydrogens is 289 g/mol. The fraction of sp³-hybridized carbons (Fsp3) is 0.364. The summed E-state index contributed by atoms with van der Waals surface area (Å²) in [6.45, 7) is 0. The number of hydrogen-bond donors (Lipinski definition) is 4. The number of aliphatic carboxylic acids is 2. The maximum Gasteiger partial charge on any atom is 0.333 e. The van der Waals surface area contributed by atoms with Crippen molar-refractivity contribution in [1.82, 2.24) is 4.98 Å². The van der Waals surface area contributed by atoms with Crippen molar-refractivity contribution < 1.29 is 34.2 Å². The highest BCUT2D eigenvalue weighted by atomic mass is 31.2. The Balaban J connectivity index is 3.16. The third-order valence-corrected chi connectivity index (χ3v) is 4.16. The van der Waals surface area contributed by atoms with E-state index in [9.17, 15) is 23.9 Å². The third kappa shape index (κ3) is 4.41. The molecule has 0 spiro atoms. The second kappa shape index (κ2) is 6.60. The zero-order valence-electron chi connectivity index (χ0n) is 10.3. The first-order valence-corrected chi connectivity index (χ1v) is 7.31. The first-order valence-electron chi connectivity index (χ1n) is 5.63. The van der Waals surface area contributed by atoms with Crippen LogP contribution < -0.4 is 0 Å². The predicted molar refractivity (Wildman–Crippen MR) is 67.0 cm³/mol. The van der Waals surface area contributed by atoms with Crippen molar-refractivity contribution in [3.05, 3.63) is 30.1 Å². The van der Waals surface area contributed by atoms with Gasteiger partial charge in [-0.05, 0) is 24.1 Å². The lowest BCUT2D eigenvalue weighted by molar-refractivity contribution is -0.143. The normalized spacial score (nSPS) is 14.5. The predicted octanol–water partition coefficient (Wildman–Crippen LogP) is 0.866. The van der Waals surface area contributed by atoms with Crippen molar-refractivity contribution in [3.63, 3.8) is 0 Å². The molecule has 0 bridgehead atoms. The number of carbonyl (C=O) groups is 2. The minimum atomic E-state index is -4.77. The highest BCUT2D eigenvalue weighted by Gasteiger charge is 2.41. The minimum Gasteiger partial charge on any atom is -0.481 e. The topological polar surface area (TPSA) is 145 Å². The van der Waals surface area contributed by atoms with Crippen LogP contribution in [-0.4, -0.2) is 36.9 Å². The van der Waals surface area contributed by atoms with E-state index in [0.29, 0.717) is 0 Å². The number of aromatic nitrogens is 1. The molecule has 0 aromatic carbocycles. The van der Waals surface area contributed by atoms with E-state index in [1.807, 2.05) is 0 Å². The Morgan fingerprint density at radius 3 is 2.15 bits per heavy atom. The molecule has 1 heterocycles. The highest BCUT2D eigenvalue weighted by molar-refractivity contribution is 7.52. The van der Waals surface area contributed by atoms with Crippen LogP contribution in [0.25, 0.3) is 0 Å². The van der Waals surface area contributed by atoms with E-state index in [2.05, 4.69) is 4.98 Å². The fourth-order valence-corrected chi connectivity index (χ4v) is 3.22. The molecule has 2 unspecified atom stereocenters. The molecule has 0 amide bonds. The van der Waals surface area contributed by atoms with Crippen LogP contribution in [-0.2, 0) is 14.2 Å². The fourth-order valence-electron chi connectivity index (χ4n) is 1.92. The molecular formula is C11H14NO7P. The van der Waals surface area contributed by atoms with Gasteiger partial charge in [0, 0.05) is 18.8 Å². The summed E-state index contributed by atoms with van der Waals surface area (Å²) in [5.74, 6) is -4.17. The van der Waals surface area contributed by atoms with Crippen LogP contribution in [0.1, 0.15) is 24.1 Å². The van der Waals surface area contributed by atoms with Gasteiger partial charge >= 0.3 is 19.5 Å². The molecule has 0 radical (unpaired) electrons. The third-order valence-electron chi connectivity index (χ3n) is 2.78. The van der Waals surface area contributed by atoms with Gasteiger partial charge in [-0.2, -0.15) is 0 Å². The van der Waals surface area contributed by atoms with Crippen molar-refractivity contribution >= 4 is 19.5 Å². The summed E-state index contributed by atoms with van der Waals surface area (Å²) >= 11 is 0. The molecule has 110 valence electrons. The summed E-state index contributed by atoms with van der Waals surface area (Å²) in [5.41, 5.74) is -1.48. The first kappa shape index (κ1) is 16.3. The summed E-state index contributed by atoms with van der Waals surface area (Å²) in [7, 11) is -4.77. The Kier molecular flexibility index (Phi) is 5.38. The number of rotatable bonds is 7. The molecule has 0 aliphatic carbocycles. The van der Waals surface area contributed by atoms with Crippen molar-refractivity contribution in [2.45, 2.75) is 18.5 Å². The molecule has 8 nitrogen and oxygen atoms in total. The summed E-state index contributed by atoms with van der Waals surface area (Å²) in [6.07, 6.45) is 1.71. The van der Waals surface area contributed by atoms with Gasteiger partial charge in [-0.3, -0.25) is 19.1 Å². The largest absolute Gasteiger partial charge is 0.481 e. The maximum atomic E-state index is 11.6. The van der Waals surface area contributed by atoms with Gasteiger partial charge in [-0.1, -0.05) is 0 Å². The highest BCUT2D eigenvalue weighted by Crippen LogP contribution is 2.56. The Hall–Kier alpha value is -1.76. The molecule has 4 N–H and O–H groups in total. The van der Waals surface area contributed by atoms with Gasteiger partial charge in [0.25, 0.3) is 0 Å². The second-order valence-electron chi connectivity index (χ2n) is 4.19. The van der Waals surface area contributed by atoms with Gasteiger partial charge in [0.05, 0.1) is 11.6 Å². The van der Waals surface area contributed by atoms with E-state index in [1.54, 1.807) is 0 Å². The number of nitrogens with zero attached hydrogens (tertiary/aromatic N) is 1. The van der Waals surface area contributed by atoms with E-state index in [-0.39, 0.29) is 12.0 Å². The SMILES string of the molecule is O=C(O)CCC(C(=O)O)C(c1ccncc1)P(=O)(O)O. The Morgan fingerprint density at radius 1 is 1.20 bits per heavy atom. The van der Waals surface area contributed by atoms with E-state index >= 15 is 0 Å². The number of hydrogen-bond acceptors (Lipinski definition) is 4. The summed E-state index contributed by atoms with van der Waals surface area (Å²) in [4.78, 5) is 44.2. The Morgan fingerprint density at radius 2 is 1.75 bits per heavy atom. The lowest BCUT2D eigenvalue weighted by atomic mass is 9.94. The number of carboxylic acids is 2. The zero-order chi connectivity index (χ0) is 15.3. The van der Waals surface area contributed by atoms with Crippen molar-refractivity contribution in [2.24, 2.45) is 5.92 Å². The smallest absolute Gasteiger partial charge is 0.333 e. The van der Waals surface area contributed by atoms with Crippen molar-refractivity contribution in [1.29, 1.82) is 0 Å². The lowest BCUT2D eigenvalue weighted by Crippen LogP contribution is -2.23. The van der Waals surface area contributed by atoms with Gasteiger partial charge in [0.1, 0.15) is 0 Å². The monoisotopic (exact) mass is 303 g/mol. The molecule has 9 heteroatoms. The van der Waals surface area contributed by atoms with Crippen molar-refractivity contribution in [3.8, 4) is 0 Å². The second-order valence-corrected chi connectivity index (χ2v) is 5.93. The first-order chi connectivity index (χ1) is 9.23. The van der Waals surface area contributed by atoms with Crippen molar-refractivity contribution in [2.75, 3.05) is 0 Å². The van der Waals surface area contributed by atoms with Crippen LogP contribution in [0.15, 0.2) is 24.5 Å². The molecule has 0 fully saturated rings. The summed E-state index contributed by atoms with van der Waals surface area (Å²) in [6, 6.07) is 2.61. The summed E-state index contributed by atoms with van der Waals surface area (Å²) in [5, 5.41) is 17.7. The molecule has 0 saturated heterocycles. The van der Waals surface area contributed by atoms with Gasteiger partial charge in [0.2, 0.25) is 0 Å². The Labute approximate surface area is 114 Å². The van der Waals surface area contributed by atoms with Crippen LogP contribution in [0.2, 0.25) is 0 Å². The molecule has 2 atom stereocenters. The molecule has 20 heavy (non-hydrogen) atoms. The van der Waals surface area contributed by atoms with Crippen LogP contribution in [0.5, 0.6) is 0 Å². The van der Waals surface area contributed by atoms with E-state index in [1.165, 1.54) is 24.5 Å². The Bertz CT molecular complexity index is 527. The van der Waals surface area contributed by atoms with Gasteiger partial charge in [-0.25, -0.2) is 0 Å². The average molecular weight is 303 g/mol. The van der Waals surface area contributed by atoms with Crippen LogP contribution >= 0.6 is 7.60 Å². The molecule has 0 aliphatic rings. The van der Waals surface area contributed by atoms with Gasteiger partial charge in [-0.15, -0.1) is 0 Å². The zero-order valence-corrected chi connectivity index (χ0v) is 11.2. The molecule has 1 rings (SSSR count). The summed E-state index contributed by atoms with van der Waals surface area (Å²) < 4.78 is 11.6. The van der Waals surface area contributed by atoms with Crippen LogP contribution in [0.3, 0.4) is 0 Å². The van der Waals surface area contributed by atoms with Gasteiger partial charge < -0.3 is 20.0 Å². The average Bonchev–Trinajstić information content (AvgIpc) is 2.33. The minimum absolute atomic E-state index is 0.117. The lowest BCUT2D eigenvalue weighted by Gasteiger charge is -2.24. The molecule has 1 aromatic rings. The van der Waals surface area contributed by atoms with Crippen LogP contribution in [0.4, 0.5) is 0 Å². The standard InChI is InChI=1S/C11H14NO7P/c13-9(14)2-1-8(11(15)16)10(20(17,18)19)7-3-5-12-6-4-7/h3-6,8,10H,1-2H2,(H,13,14)(H,15,16)(H2,17,18,19). The molecule has 0 aliphatic heterocycles. The van der Waals surface area contributed by atoms with Gasteiger partial charge in [0.15, 0.2) is 0 Å². The van der Waals surface area contributed by atoms with Crippen LogP contribution in [0, 0.1) is 5.92 Å². The molecule has 0 saturated carbocycles. The maximum absolute atomic E-state index is 11.6. The quantitative estimate of drug-likeness (QED) is 0.543. The number of carboxylic acid groups (broad SMARTS) is 2. The number of pyridine rings is 1. The molecule has 1 aromatic heterocycles. The van der Waals surface area contributed by atoms with E-state index < -0.39 is 37.5 Å². The van der Waals surface area contributed by atoms with E-state index in [4.69, 9.17) is 10.2 Å². The van der Waals surface area contributed by atoms with E-state index in [0.717, 1.165) is 0 Å².